The number of carbonyl (C=O) groups is 1. The van der Waals surface area contributed by atoms with Gasteiger partial charge in [0, 0.05) is 17.1 Å². The fraction of sp³-hybridized carbons (Fsp3) is 0.533. The molecule has 0 aromatic heterocycles. The normalized spacial score (nSPS) is 18.8. The third-order valence-corrected chi connectivity index (χ3v) is 4.61. The zero-order chi connectivity index (χ0) is 13.7. The molecule has 1 saturated heterocycles. The van der Waals surface area contributed by atoms with E-state index in [4.69, 9.17) is 5.73 Å². The molecular formula is C15H22N2OS. The molecule has 1 heterocycles. The number of primary amides is 1. The minimum absolute atomic E-state index is 0.126. The zero-order valence-electron chi connectivity index (χ0n) is 11.5. The van der Waals surface area contributed by atoms with Crippen LogP contribution in [0.1, 0.15) is 32.6 Å². The van der Waals surface area contributed by atoms with Crippen molar-refractivity contribution in [1.29, 1.82) is 0 Å². The molecule has 4 heteroatoms. The monoisotopic (exact) mass is 278 g/mol. The third-order valence-electron chi connectivity index (χ3n) is 3.52. The fourth-order valence-electron chi connectivity index (χ4n) is 2.44. The summed E-state index contributed by atoms with van der Waals surface area (Å²) in [6.07, 6.45) is 4.41. The van der Waals surface area contributed by atoms with E-state index >= 15 is 0 Å². The number of nitrogens with zero attached hydrogens (tertiary/aromatic N) is 1. The number of carbonyl (C=O) groups excluding carboxylic acids is 1. The van der Waals surface area contributed by atoms with Gasteiger partial charge in [-0.3, -0.25) is 4.79 Å². The van der Waals surface area contributed by atoms with Gasteiger partial charge in [-0.1, -0.05) is 13.3 Å². The molecule has 1 aliphatic heterocycles. The molecule has 0 aliphatic carbocycles. The maximum absolute atomic E-state index is 11.4. The highest BCUT2D eigenvalue weighted by Gasteiger charge is 2.28. The lowest BCUT2D eigenvalue weighted by Gasteiger charge is -2.24. The van der Waals surface area contributed by atoms with Crippen LogP contribution in [0.2, 0.25) is 0 Å². The smallest absolute Gasteiger partial charge is 0.240 e. The number of hydrogen-bond donors (Lipinski definition) is 1. The number of thioether (sulfide) groups is 1. The van der Waals surface area contributed by atoms with E-state index in [9.17, 15) is 4.79 Å². The largest absolute Gasteiger partial charge is 0.368 e. The van der Waals surface area contributed by atoms with Crippen LogP contribution in [0.3, 0.4) is 0 Å². The minimum atomic E-state index is -0.209. The van der Waals surface area contributed by atoms with Crippen molar-refractivity contribution in [2.45, 2.75) is 43.5 Å². The number of hydrogen-bond acceptors (Lipinski definition) is 3. The molecule has 19 heavy (non-hydrogen) atoms. The van der Waals surface area contributed by atoms with Gasteiger partial charge in [-0.25, -0.2) is 0 Å². The Morgan fingerprint density at radius 2 is 2.16 bits per heavy atom. The molecule has 2 rings (SSSR count). The molecule has 0 radical (unpaired) electrons. The molecule has 1 fully saturated rings. The Morgan fingerprint density at radius 3 is 2.79 bits per heavy atom. The summed E-state index contributed by atoms with van der Waals surface area (Å²) in [5.74, 6) is 0.961. The van der Waals surface area contributed by atoms with Crippen LogP contribution >= 0.6 is 11.8 Å². The molecule has 2 N–H and O–H groups in total. The van der Waals surface area contributed by atoms with E-state index in [1.54, 1.807) is 0 Å². The summed E-state index contributed by atoms with van der Waals surface area (Å²) < 4.78 is 0. The van der Waals surface area contributed by atoms with Gasteiger partial charge in [0.2, 0.25) is 5.91 Å². The highest BCUT2D eigenvalue weighted by atomic mass is 32.2. The van der Waals surface area contributed by atoms with Crippen LogP contribution in [0.5, 0.6) is 0 Å². The van der Waals surface area contributed by atoms with Crippen LogP contribution < -0.4 is 10.6 Å². The first-order valence-electron chi connectivity index (χ1n) is 7.01. The number of unbranched alkanes of at least 4 members (excludes halogenated alkanes) is 1. The maximum atomic E-state index is 11.4. The minimum Gasteiger partial charge on any atom is -0.368 e. The van der Waals surface area contributed by atoms with E-state index in [1.165, 1.54) is 23.5 Å². The van der Waals surface area contributed by atoms with Gasteiger partial charge in [-0.15, -0.1) is 11.8 Å². The Bertz CT molecular complexity index is 419. The summed E-state index contributed by atoms with van der Waals surface area (Å²) in [6.45, 7) is 3.14. The van der Waals surface area contributed by atoms with Gasteiger partial charge in [0.1, 0.15) is 6.04 Å². The fourth-order valence-corrected chi connectivity index (χ4v) is 3.44. The van der Waals surface area contributed by atoms with Gasteiger partial charge in [0.25, 0.3) is 0 Å². The lowest BCUT2D eigenvalue weighted by Crippen LogP contribution is -2.40. The second kappa shape index (κ2) is 6.85. The standard InChI is InChI=1S/C15H22N2OS/c1-2-3-11-19-13-8-6-12(7-9-13)17-10-4-5-14(17)15(16)18/h6-9,14H,2-5,10-11H2,1H3,(H2,16,18)/t14-/m1/s1. The van der Waals surface area contributed by atoms with Crippen molar-refractivity contribution < 1.29 is 4.79 Å². The molecule has 0 spiro atoms. The second-order valence-corrected chi connectivity index (χ2v) is 6.12. The summed E-state index contributed by atoms with van der Waals surface area (Å²) in [6, 6.07) is 8.38. The molecule has 1 aromatic carbocycles. The van der Waals surface area contributed by atoms with Gasteiger partial charge in [0.05, 0.1) is 0 Å². The number of nitrogens with two attached hydrogens (primary N) is 1. The molecule has 1 amide bonds. The van der Waals surface area contributed by atoms with Crippen LogP contribution in [0.15, 0.2) is 29.2 Å². The van der Waals surface area contributed by atoms with Crippen molar-refractivity contribution in [1.82, 2.24) is 0 Å². The van der Waals surface area contributed by atoms with Crippen molar-refractivity contribution >= 4 is 23.4 Å². The van der Waals surface area contributed by atoms with Crippen molar-refractivity contribution in [3.8, 4) is 0 Å². The molecule has 1 aromatic rings. The molecule has 0 saturated carbocycles. The zero-order valence-corrected chi connectivity index (χ0v) is 12.3. The molecule has 0 unspecified atom stereocenters. The van der Waals surface area contributed by atoms with Crippen molar-refractivity contribution in [2.24, 2.45) is 5.73 Å². The van der Waals surface area contributed by atoms with Gasteiger partial charge in [0.15, 0.2) is 0 Å². The van der Waals surface area contributed by atoms with Gasteiger partial charge in [-0.2, -0.15) is 0 Å². The van der Waals surface area contributed by atoms with E-state index in [-0.39, 0.29) is 11.9 Å². The van der Waals surface area contributed by atoms with Gasteiger partial charge < -0.3 is 10.6 Å². The van der Waals surface area contributed by atoms with Crippen LogP contribution in [0.25, 0.3) is 0 Å². The highest BCUT2D eigenvalue weighted by Crippen LogP contribution is 2.28. The summed E-state index contributed by atoms with van der Waals surface area (Å²) in [7, 11) is 0. The summed E-state index contributed by atoms with van der Waals surface area (Å²) in [4.78, 5) is 14.8. The summed E-state index contributed by atoms with van der Waals surface area (Å²) in [5, 5.41) is 0. The Kier molecular flexibility index (Phi) is 5.14. The van der Waals surface area contributed by atoms with E-state index in [1.807, 2.05) is 11.8 Å². The maximum Gasteiger partial charge on any atom is 0.240 e. The first kappa shape index (κ1) is 14.3. The van der Waals surface area contributed by atoms with Crippen LogP contribution in [0, 0.1) is 0 Å². The van der Waals surface area contributed by atoms with Gasteiger partial charge in [-0.05, 0) is 49.3 Å². The Morgan fingerprint density at radius 1 is 1.42 bits per heavy atom. The number of benzene rings is 1. The predicted octanol–water partition coefficient (Wildman–Crippen LogP) is 3.03. The average molecular weight is 278 g/mol. The van der Waals surface area contributed by atoms with Crippen molar-refractivity contribution in [2.75, 3.05) is 17.2 Å². The van der Waals surface area contributed by atoms with Gasteiger partial charge >= 0.3 is 0 Å². The third kappa shape index (κ3) is 3.66. The molecule has 0 bridgehead atoms. The van der Waals surface area contributed by atoms with E-state index < -0.39 is 0 Å². The van der Waals surface area contributed by atoms with Crippen LogP contribution in [-0.2, 0) is 4.79 Å². The van der Waals surface area contributed by atoms with Crippen LogP contribution in [0.4, 0.5) is 5.69 Å². The lowest BCUT2D eigenvalue weighted by molar-refractivity contribution is -0.119. The predicted molar refractivity (Wildman–Crippen MR) is 81.6 cm³/mol. The number of anilines is 1. The second-order valence-electron chi connectivity index (χ2n) is 4.95. The van der Waals surface area contributed by atoms with E-state index in [0.29, 0.717) is 0 Å². The molecule has 1 atom stereocenters. The van der Waals surface area contributed by atoms with E-state index in [2.05, 4.69) is 36.1 Å². The first-order chi connectivity index (χ1) is 9.22. The number of amides is 1. The molecule has 104 valence electrons. The summed E-state index contributed by atoms with van der Waals surface area (Å²) in [5.41, 5.74) is 6.56. The topological polar surface area (TPSA) is 46.3 Å². The van der Waals surface area contributed by atoms with Crippen LogP contribution in [-0.4, -0.2) is 24.2 Å². The highest BCUT2D eigenvalue weighted by molar-refractivity contribution is 7.99. The summed E-state index contributed by atoms with van der Waals surface area (Å²) >= 11 is 1.89. The molecular weight excluding hydrogens is 256 g/mol. The van der Waals surface area contributed by atoms with E-state index in [0.717, 1.165) is 25.1 Å². The number of rotatable bonds is 6. The van der Waals surface area contributed by atoms with Crippen molar-refractivity contribution in [3.05, 3.63) is 24.3 Å². The van der Waals surface area contributed by atoms with Crippen molar-refractivity contribution in [3.63, 3.8) is 0 Å². The quantitative estimate of drug-likeness (QED) is 0.642. The Hall–Kier alpha value is -1.16. The molecule has 3 nitrogen and oxygen atoms in total. The average Bonchev–Trinajstić information content (AvgIpc) is 2.89. The first-order valence-corrected chi connectivity index (χ1v) is 7.99. The SMILES string of the molecule is CCCCSc1ccc(N2CCC[C@@H]2C(N)=O)cc1. The Labute approximate surface area is 119 Å². The lowest BCUT2D eigenvalue weighted by atomic mass is 10.2. The molecule has 1 aliphatic rings. The Balaban J connectivity index is 1.99.